The molecule has 1 amide bonds. The Balaban J connectivity index is 2.37. The van der Waals surface area contributed by atoms with E-state index >= 15 is 0 Å². The standard InChI is InChI=1S/C11H14N2O4/c14-7-9(11(16)17)13-10(15)2-1-8-3-5-12-6-4-8/h3-6,9,14H,1-2,7H2,(H,13,15)(H,16,17). The molecule has 1 aromatic rings. The molecule has 0 aliphatic rings. The number of rotatable bonds is 6. The first-order chi connectivity index (χ1) is 8.13. The molecule has 0 aromatic carbocycles. The largest absolute Gasteiger partial charge is 0.480 e. The van der Waals surface area contributed by atoms with Gasteiger partial charge in [-0.15, -0.1) is 0 Å². The Morgan fingerprint density at radius 1 is 1.35 bits per heavy atom. The van der Waals surface area contributed by atoms with Crippen molar-refractivity contribution in [2.24, 2.45) is 0 Å². The van der Waals surface area contributed by atoms with Crippen molar-refractivity contribution >= 4 is 11.9 Å². The molecule has 6 heteroatoms. The summed E-state index contributed by atoms with van der Waals surface area (Å²) >= 11 is 0. The molecular formula is C11H14N2O4. The van der Waals surface area contributed by atoms with Gasteiger partial charge in [0.2, 0.25) is 5.91 Å². The summed E-state index contributed by atoms with van der Waals surface area (Å²) in [5, 5.41) is 19.6. The maximum absolute atomic E-state index is 11.4. The number of carboxylic acids is 1. The third-order valence-electron chi connectivity index (χ3n) is 2.21. The Kier molecular flexibility index (Phi) is 5.09. The molecular weight excluding hydrogens is 224 g/mol. The fourth-order valence-corrected chi connectivity index (χ4v) is 1.26. The lowest BCUT2D eigenvalue weighted by Crippen LogP contribution is -2.43. The molecule has 0 fully saturated rings. The van der Waals surface area contributed by atoms with Crippen molar-refractivity contribution in [1.82, 2.24) is 10.3 Å². The zero-order valence-electron chi connectivity index (χ0n) is 9.17. The number of nitrogens with one attached hydrogen (secondary N) is 1. The van der Waals surface area contributed by atoms with E-state index < -0.39 is 24.5 Å². The van der Waals surface area contributed by atoms with E-state index in [1.807, 2.05) is 0 Å². The van der Waals surface area contributed by atoms with Crippen LogP contribution in [0.1, 0.15) is 12.0 Å². The Bertz CT molecular complexity index is 380. The number of pyridine rings is 1. The zero-order chi connectivity index (χ0) is 12.7. The monoisotopic (exact) mass is 238 g/mol. The number of carbonyl (C=O) groups is 2. The van der Waals surface area contributed by atoms with E-state index in [4.69, 9.17) is 10.2 Å². The van der Waals surface area contributed by atoms with E-state index in [1.54, 1.807) is 24.5 Å². The van der Waals surface area contributed by atoms with E-state index in [0.29, 0.717) is 6.42 Å². The van der Waals surface area contributed by atoms with Crippen LogP contribution in [0.2, 0.25) is 0 Å². The maximum Gasteiger partial charge on any atom is 0.328 e. The van der Waals surface area contributed by atoms with Crippen LogP contribution in [0.25, 0.3) is 0 Å². The van der Waals surface area contributed by atoms with Gasteiger partial charge in [-0.25, -0.2) is 4.79 Å². The minimum Gasteiger partial charge on any atom is -0.480 e. The lowest BCUT2D eigenvalue weighted by Gasteiger charge is -2.11. The van der Waals surface area contributed by atoms with Crippen LogP contribution >= 0.6 is 0 Å². The average molecular weight is 238 g/mol. The van der Waals surface area contributed by atoms with Gasteiger partial charge >= 0.3 is 5.97 Å². The number of carboxylic acid groups (broad SMARTS) is 1. The van der Waals surface area contributed by atoms with Crippen LogP contribution in [0.5, 0.6) is 0 Å². The number of nitrogens with zero attached hydrogens (tertiary/aromatic N) is 1. The summed E-state index contributed by atoms with van der Waals surface area (Å²) in [7, 11) is 0. The van der Waals surface area contributed by atoms with Gasteiger partial charge in [0.25, 0.3) is 0 Å². The van der Waals surface area contributed by atoms with Crippen molar-refractivity contribution in [3.05, 3.63) is 30.1 Å². The molecule has 0 spiro atoms. The Morgan fingerprint density at radius 3 is 2.53 bits per heavy atom. The summed E-state index contributed by atoms with van der Waals surface area (Å²) in [4.78, 5) is 25.8. The van der Waals surface area contributed by atoms with Crippen molar-refractivity contribution in [3.8, 4) is 0 Å². The van der Waals surface area contributed by atoms with Crippen molar-refractivity contribution in [2.75, 3.05) is 6.61 Å². The lowest BCUT2D eigenvalue weighted by molar-refractivity contribution is -0.142. The van der Waals surface area contributed by atoms with E-state index in [1.165, 1.54) is 0 Å². The van der Waals surface area contributed by atoms with Crippen LogP contribution < -0.4 is 5.32 Å². The SMILES string of the molecule is O=C(CCc1ccncc1)NC(CO)C(=O)O. The first kappa shape index (κ1) is 13.1. The number of carbonyl (C=O) groups excluding carboxylic acids is 1. The molecule has 3 N–H and O–H groups in total. The molecule has 1 unspecified atom stereocenters. The highest BCUT2D eigenvalue weighted by Crippen LogP contribution is 2.00. The van der Waals surface area contributed by atoms with Crippen molar-refractivity contribution in [2.45, 2.75) is 18.9 Å². The molecule has 0 aliphatic heterocycles. The summed E-state index contributed by atoms with van der Waals surface area (Å²) in [5.74, 6) is -1.65. The normalized spacial score (nSPS) is 11.8. The van der Waals surface area contributed by atoms with Crippen molar-refractivity contribution < 1.29 is 19.8 Å². The zero-order valence-corrected chi connectivity index (χ0v) is 9.17. The van der Waals surface area contributed by atoms with Gasteiger partial charge < -0.3 is 15.5 Å². The minimum absolute atomic E-state index is 0.174. The fourth-order valence-electron chi connectivity index (χ4n) is 1.26. The number of hydrogen-bond acceptors (Lipinski definition) is 4. The van der Waals surface area contributed by atoms with Crippen LogP contribution in [0.4, 0.5) is 0 Å². The molecule has 92 valence electrons. The lowest BCUT2D eigenvalue weighted by atomic mass is 10.1. The van der Waals surface area contributed by atoms with Gasteiger partial charge in [0.05, 0.1) is 6.61 Å². The number of amides is 1. The number of aliphatic carboxylic acids is 1. The highest BCUT2D eigenvalue weighted by atomic mass is 16.4. The molecule has 1 atom stereocenters. The van der Waals surface area contributed by atoms with Crippen LogP contribution in [0.15, 0.2) is 24.5 Å². The quantitative estimate of drug-likeness (QED) is 0.625. The van der Waals surface area contributed by atoms with Gasteiger partial charge in [0.1, 0.15) is 6.04 Å². The molecule has 6 nitrogen and oxygen atoms in total. The maximum atomic E-state index is 11.4. The topological polar surface area (TPSA) is 99.5 Å². The first-order valence-electron chi connectivity index (χ1n) is 5.15. The predicted molar refractivity (Wildman–Crippen MR) is 59.2 cm³/mol. The van der Waals surface area contributed by atoms with Gasteiger partial charge in [-0.2, -0.15) is 0 Å². The molecule has 17 heavy (non-hydrogen) atoms. The molecule has 1 heterocycles. The summed E-state index contributed by atoms with van der Waals surface area (Å²) < 4.78 is 0. The number of aliphatic hydroxyl groups is 1. The van der Waals surface area contributed by atoms with Crippen LogP contribution in [0.3, 0.4) is 0 Å². The average Bonchev–Trinajstić information content (AvgIpc) is 2.34. The Labute approximate surface area is 98.3 Å². The number of aryl methyl sites for hydroxylation is 1. The number of aromatic nitrogens is 1. The summed E-state index contributed by atoms with van der Waals surface area (Å²) in [6, 6.07) is 2.34. The summed E-state index contributed by atoms with van der Waals surface area (Å²) in [6.45, 7) is -0.615. The number of hydrogen-bond donors (Lipinski definition) is 3. The third-order valence-corrected chi connectivity index (χ3v) is 2.21. The van der Waals surface area contributed by atoms with Crippen LogP contribution in [-0.2, 0) is 16.0 Å². The molecule has 0 radical (unpaired) electrons. The molecule has 1 aromatic heterocycles. The van der Waals surface area contributed by atoms with Gasteiger partial charge in [-0.3, -0.25) is 9.78 Å². The van der Waals surface area contributed by atoms with Gasteiger partial charge in [-0.1, -0.05) is 0 Å². The molecule has 0 bridgehead atoms. The van der Waals surface area contributed by atoms with E-state index in [2.05, 4.69) is 10.3 Å². The third kappa shape index (κ3) is 4.60. The highest BCUT2D eigenvalue weighted by Gasteiger charge is 2.18. The van der Waals surface area contributed by atoms with Gasteiger partial charge in [-0.05, 0) is 24.1 Å². The second kappa shape index (κ2) is 6.59. The van der Waals surface area contributed by atoms with Crippen molar-refractivity contribution in [1.29, 1.82) is 0 Å². The highest BCUT2D eigenvalue weighted by molar-refractivity contribution is 5.83. The van der Waals surface area contributed by atoms with Crippen LogP contribution in [0, 0.1) is 0 Å². The van der Waals surface area contributed by atoms with Gasteiger partial charge in [0.15, 0.2) is 0 Å². The van der Waals surface area contributed by atoms with Gasteiger partial charge in [0, 0.05) is 18.8 Å². The van der Waals surface area contributed by atoms with Crippen molar-refractivity contribution in [3.63, 3.8) is 0 Å². The Morgan fingerprint density at radius 2 is 2.00 bits per heavy atom. The Hall–Kier alpha value is -1.95. The first-order valence-corrected chi connectivity index (χ1v) is 5.15. The predicted octanol–water partition coefficient (Wildman–Crippen LogP) is -0.424. The second-order valence-electron chi connectivity index (χ2n) is 3.50. The van der Waals surface area contributed by atoms with E-state index in [0.717, 1.165) is 5.56 Å². The summed E-state index contributed by atoms with van der Waals surface area (Å²) in [6.07, 6.45) is 3.93. The smallest absolute Gasteiger partial charge is 0.328 e. The molecule has 0 saturated heterocycles. The van der Waals surface area contributed by atoms with E-state index in [9.17, 15) is 9.59 Å². The second-order valence-corrected chi connectivity index (χ2v) is 3.50. The fraction of sp³-hybridized carbons (Fsp3) is 0.364. The molecule has 1 rings (SSSR count). The van der Waals surface area contributed by atoms with E-state index in [-0.39, 0.29) is 6.42 Å². The summed E-state index contributed by atoms with van der Waals surface area (Å²) in [5.41, 5.74) is 0.950. The number of aliphatic hydroxyl groups excluding tert-OH is 1. The molecule has 0 aliphatic carbocycles. The minimum atomic E-state index is -1.25. The molecule has 0 saturated carbocycles. The van der Waals surface area contributed by atoms with Crippen LogP contribution in [-0.4, -0.2) is 39.7 Å².